The summed E-state index contributed by atoms with van der Waals surface area (Å²) in [5, 5.41) is 15.6. The Morgan fingerprint density at radius 2 is 2.18 bits per heavy atom. The molecule has 0 saturated carbocycles. The largest absolute Gasteiger partial charge is 0.424 e. The van der Waals surface area contributed by atoms with Gasteiger partial charge in [0.15, 0.2) is 0 Å². The summed E-state index contributed by atoms with van der Waals surface area (Å²) in [5.74, 6) is 0.855. The van der Waals surface area contributed by atoms with Gasteiger partial charge in [-0.05, 0) is 0 Å². The highest BCUT2D eigenvalue weighted by Gasteiger charge is 2.02. The summed E-state index contributed by atoms with van der Waals surface area (Å²) in [6, 6.07) is 1.91. The van der Waals surface area contributed by atoms with E-state index in [0.29, 0.717) is 24.7 Å². The van der Waals surface area contributed by atoms with Gasteiger partial charge in [0, 0.05) is 13.0 Å². The lowest BCUT2D eigenvalue weighted by Crippen LogP contribution is -2.02. The Bertz CT molecular complexity index is 262. The molecular weight excluding hydrogens is 144 g/mol. The van der Waals surface area contributed by atoms with Crippen molar-refractivity contribution in [3.63, 3.8) is 0 Å². The summed E-state index contributed by atoms with van der Waals surface area (Å²) in [7, 11) is 0. The van der Waals surface area contributed by atoms with E-state index in [1.807, 2.05) is 6.07 Å². The van der Waals surface area contributed by atoms with E-state index >= 15 is 0 Å². The monoisotopic (exact) mass is 152 g/mol. The van der Waals surface area contributed by atoms with Gasteiger partial charge in [0.1, 0.15) is 6.42 Å². The van der Waals surface area contributed by atoms with Crippen LogP contribution in [0.3, 0.4) is 0 Å². The molecule has 1 aromatic rings. The van der Waals surface area contributed by atoms with E-state index in [1.165, 1.54) is 0 Å². The van der Waals surface area contributed by atoms with Crippen molar-refractivity contribution in [3.8, 4) is 6.07 Å². The Kier molecular flexibility index (Phi) is 2.58. The molecule has 58 valence electrons. The highest BCUT2D eigenvalue weighted by atomic mass is 16.4. The molecule has 0 aliphatic heterocycles. The van der Waals surface area contributed by atoms with Crippen molar-refractivity contribution in [2.45, 2.75) is 12.8 Å². The van der Waals surface area contributed by atoms with Crippen LogP contribution in [0.1, 0.15) is 11.8 Å². The first kappa shape index (κ1) is 7.69. The standard InChI is InChI=1S/C6H8N4O/c7-3-1-5-9-10-6(11-5)2-4-8/h1-3,7H2. The lowest BCUT2D eigenvalue weighted by atomic mass is 10.4. The molecule has 0 amide bonds. The topological polar surface area (TPSA) is 88.7 Å². The van der Waals surface area contributed by atoms with Crippen LogP contribution in [0.4, 0.5) is 0 Å². The molecule has 0 radical (unpaired) electrons. The molecule has 0 aromatic carbocycles. The molecule has 2 N–H and O–H groups in total. The molecule has 11 heavy (non-hydrogen) atoms. The van der Waals surface area contributed by atoms with Gasteiger partial charge >= 0.3 is 0 Å². The Hall–Kier alpha value is -1.41. The van der Waals surface area contributed by atoms with Crippen molar-refractivity contribution in [1.29, 1.82) is 5.26 Å². The minimum absolute atomic E-state index is 0.164. The predicted molar refractivity (Wildman–Crippen MR) is 36.4 cm³/mol. The van der Waals surface area contributed by atoms with Crippen molar-refractivity contribution < 1.29 is 4.42 Å². The van der Waals surface area contributed by atoms with Gasteiger partial charge in [-0.3, -0.25) is 0 Å². The van der Waals surface area contributed by atoms with Gasteiger partial charge in [0.2, 0.25) is 11.8 Å². The minimum Gasteiger partial charge on any atom is -0.424 e. The van der Waals surface area contributed by atoms with Gasteiger partial charge < -0.3 is 10.2 Å². The van der Waals surface area contributed by atoms with Crippen molar-refractivity contribution in [1.82, 2.24) is 10.2 Å². The lowest BCUT2D eigenvalue weighted by molar-refractivity contribution is 0.461. The maximum absolute atomic E-state index is 8.26. The van der Waals surface area contributed by atoms with E-state index in [0.717, 1.165) is 0 Å². The third-order valence-electron chi connectivity index (χ3n) is 1.10. The van der Waals surface area contributed by atoms with Gasteiger partial charge in [-0.15, -0.1) is 10.2 Å². The van der Waals surface area contributed by atoms with Crippen LogP contribution in [-0.4, -0.2) is 16.7 Å². The Balaban J connectivity index is 2.60. The molecule has 5 nitrogen and oxygen atoms in total. The van der Waals surface area contributed by atoms with E-state index in [9.17, 15) is 0 Å². The lowest BCUT2D eigenvalue weighted by Gasteiger charge is -1.85. The van der Waals surface area contributed by atoms with Gasteiger partial charge in [-0.2, -0.15) is 5.26 Å². The molecule has 0 spiro atoms. The van der Waals surface area contributed by atoms with E-state index in [4.69, 9.17) is 15.4 Å². The first-order valence-corrected chi connectivity index (χ1v) is 3.25. The summed E-state index contributed by atoms with van der Waals surface area (Å²) in [4.78, 5) is 0. The second-order valence-corrected chi connectivity index (χ2v) is 1.96. The fourth-order valence-electron chi connectivity index (χ4n) is 0.652. The van der Waals surface area contributed by atoms with Gasteiger partial charge in [0.25, 0.3) is 0 Å². The van der Waals surface area contributed by atoms with Crippen molar-refractivity contribution in [3.05, 3.63) is 11.8 Å². The van der Waals surface area contributed by atoms with Crippen molar-refractivity contribution in [2.24, 2.45) is 5.73 Å². The van der Waals surface area contributed by atoms with Crippen LogP contribution in [0.2, 0.25) is 0 Å². The number of nitrogens with zero attached hydrogens (tertiary/aromatic N) is 3. The van der Waals surface area contributed by atoms with Crippen LogP contribution in [0.25, 0.3) is 0 Å². The summed E-state index contributed by atoms with van der Waals surface area (Å²) in [6.45, 7) is 0.480. The molecule has 1 heterocycles. The van der Waals surface area contributed by atoms with E-state index in [2.05, 4.69) is 10.2 Å². The normalized spacial score (nSPS) is 9.45. The van der Waals surface area contributed by atoms with Crippen LogP contribution in [-0.2, 0) is 12.8 Å². The molecule has 0 aliphatic carbocycles. The molecule has 1 rings (SSSR count). The van der Waals surface area contributed by atoms with Crippen molar-refractivity contribution >= 4 is 0 Å². The SMILES string of the molecule is N#CCc1nnc(CCN)o1. The molecule has 0 saturated heterocycles. The third-order valence-corrected chi connectivity index (χ3v) is 1.10. The minimum atomic E-state index is 0.164. The van der Waals surface area contributed by atoms with Crippen LogP contribution < -0.4 is 5.73 Å². The number of nitrogens with two attached hydrogens (primary N) is 1. The summed E-state index contributed by atoms with van der Waals surface area (Å²) in [5.41, 5.74) is 5.25. The molecular formula is C6H8N4O. The molecule has 0 unspecified atom stereocenters. The number of aromatic nitrogens is 2. The van der Waals surface area contributed by atoms with Gasteiger partial charge in [-0.25, -0.2) is 0 Å². The highest BCUT2D eigenvalue weighted by molar-refractivity contribution is 4.90. The van der Waals surface area contributed by atoms with Crippen LogP contribution in [0.15, 0.2) is 4.42 Å². The average Bonchev–Trinajstić information content (AvgIpc) is 2.38. The van der Waals surface area contributed by atoms with Crippen molar-refractivity contribution in [2.75, 3.05) is 6.54 Å². The molecule has 0 fully saturated rings. The Morgan fingerprint density at radius 3 is 2.82 bits per heavy atom. The van der Waals surface area contributed by atoms with Gasteiger partial charge in [-0.1, -0.05) is 0 Å². The van der Waals surface area contributed by atoms with E-state index in [-0.39, 0.29) is 6.42 Å². The molecule has 1 aromatic heterocycles. The number of hydrogen-bond donors (Lipinski definition) is 1. The number of hydrogen-bond acceptors (Lipinski definition) is 5. The van der Waals surface area contributed by atoms with Crippen LogP contribution in [0.5, 0.6) is 0 Å². The zero-order chi connectivity index (χ0) is 8.10. The molecule has 0 atom stereocenters. The maximum Gasteiger partial charge on any atom is 0.230 e. The zero-order valence-corrected chi connectivity index (χ0v) is 5.95. The average molecular weight is 152 g/mol. The fraction of sp³-hybridized carbons (Fsp3) is 0.500. The number of rotatable bonds is 3. The van der Waals surface area contributed by atoms with Crippen LogP contribution in [0, 0.1) is 11.3 Å². The first-order chi connectivity index (χ1) is 5.36. The van der Waals surface area contributed by atoms with E-state index in [1.54, 1.807) is 0 Å². The van der Waals surface area contributed by atoms with E-state index < -0.39 is 0 Å². The smallest absolute Gasteiger partial charge is 0.230 e. The first-order valence-electron chi connectivity index (χ1n) is 3.25. The Morgan fingerprint density at radius 1 is 1.45 bits per heavy atom. The second-order valence-electron chi connectivity index (χ2n) is 1.96. The maximum atomic E-state index is 8.26. The molecule has 5 heteroatoms. The third kappa shape index (κ3) is 2.02. The Labute approximate surface area is 63.8 Å². The summed E-state index contributed by atoms with van der Waals surface area (Å²) >= 11 is 0. The van der Waals surface area contributed by atoms with Crippen LogP contribution >= 0.6 is 0 Å². The quantitative estimate of drug-likeness (QED) is 0.638. The summed E-state index contributed by atoms with van der Waals surface area (Å²) in [6.07, 6.45) is 0.732. The molecule has 0 aliphatic rings. The predicted octanol–water partition coefficient (Wildman–Crippen LogP) is -0.363. The second kappa shape index (κ2) is 3.68. The highest BCUT2D eigenvalue weighted by Crippen LogP contribution is 1.99. The summed E-state index contributed by atoms with van der Waals surface area (Å²) < 4.78 is 5.04. The number of nitriles is 1. The zero-order valence-electron chi connectivity index (χ0n) is 5.95. The molecule has 0 bridgehead atoms. The van der Waals surface area contributed by atoms with Gasteiger partial charge in [0.05, 0.1) is 6.07 Å². The fourth-order valence-corrected chi connectivity index (χ4v) is 0.652.